The molecule has 1 N–H and O–H groups in total. The van der Waals surface area contributed by atoms with E-state index >= 15 is 0 Å². The molecule has 0 bridgehead atoms. The Morgan fingerprint density at radius 3 is 2.44 bits per heavy atom. The first-order chi connectivity index (χ1) is 8.56. The van der Waals surface area contributed by atoms with Gasteiger partial charge in [-0.25, -0.2) is 0 Å². The highest BCUT2D eigenvalue weighted by atomic mass is 16.6. The normalized spacial score (nSPS) is 10.3. The first-order valence-electron chi connectivity index (χ1n) is 5.58. The fraction of sp³-hybridized carbons (Fsp3) is 0.143. The molecule has 4 heteroatoms. The van der Waals surface area contributed by atoms with E-state index in [4.69, 9.17) is 0 Å². The van der Waals surface area contributed by atoms with Crippen LogP contribution in [0.3, 0.4) is 0 Å². The summed E-state index contributed by atoms with van der Waals surface area (Å²) >= 11 is 0. The van der Waals surface area contributed by atoms with Crippen LogP contribution in [-0.2, 0) is 6.42 Å². The average molecular weight is 243 g/mol. The summed E-state index contributed by atoms with van der Waals surface area (Å²) < 4.78 is 0. The SMILES string of the molecule is Cc1ccc(O)c(Cc2ccc([N+](=O)[O-])cc2)c1. The molecule has 0 aliphatic carbocycles. The van der Waals surface area contributed by atoms with Gasteiger partial charge in [-0.1, -0.05) is 29.8 Å². The Morgan fingerprint density at radius 2 is 1.83 bits per heavy atom. The van der Waals surface area contributed by atoms with Crippen molar-refractivity contribution in [3.8, 4) is 5.75 Å². The molecule has 2 rings (SSSR count). The van der Waals surface area contributed by atoms with E-state index in [1.165, 1.54) is 12.1 Å². The summed E-state index contributed by atoms with van der Waals surface area (Å²) in [7, 11) is 0. The van der Waals surface area contributed by atoms with Gasteiger partial charge in [-0.05, 0) is 24.1 Å². The maximum Gasteiger partial charge on any atom is 0.269 e. The molecule has 0 unspecified atom stereocenters. The van der Waals surface area contributed by atoms with Gasteiger partial charge in [0.05, 0.1) is 4.92 Å². The minimum atomic E-state index is -0.423. The minimum Gasteiger partial charge on any atom is -0.508 e. The molecular weight excluding hydrogens is 230 g/mol. The highest BCUT2D eigenvalue weighted by Crippen LogP contribution is 2.22. The lowest BCUT2D eigenvalue weighted by molar-refractivity contribution is -0.384. The second-order valence-electron chi connectivity index (χ2n) is 4.23. The van der Waals surface area contributed by atoms with Crippen LogP contribution in [0.15, 0.2) is 42.5 Å². The molecule has 0 fully saturated rings. The van der Waals surface area contributed by atoms with Gasteiger partial charge >= 0.3 is 0 Å². The molecule has 0 aliphatic rings. The van der Waals surface area contributed by atoms with E-state index in [2.05, 4.69) is 0 Å². The third-order valence-electron chi connectivity index (χ3n) is 2.78. The monoisotopic (exact) mass is 243 g/mol. The molecule has 0 spiro atoms. The quantitative estimate of drug-likeness (QED) is 0.665. The molecule has 0 aromatic heterocycles. The van der Waals surface area contributed by atoms with Crippen molar-refractivity contribution in [1.29, 1.82) is 0 Å². The van der Waals surface area contributed by atoms with Crippen LogP contribution >= 0.6 is 0 Å². The van der Waals surface area contributed by atoms with Crippen molar-refractivity contribution in [2.45, 2.75) is 13.3 Å². The van der Waals surface area contributed by atoms with Gasteiger partial charge in [0.1, 0.15) is 5.75 Å². The van der Waals surface area contributed by atoms with Gasteiger partial charge in [0.25, 0.3) is 5.69 Å². The third kappa shape index (κ3) is 2.66. The zero-order valence-electron chi connectivity index (χ0n) is 9.96. The molecule has 0 radical (unpaired) electrons. The lowest BCUT2D eigenvalue weighted by atomic mass is 10.0. The Balaban J connectivity index is 2.23. The highest BCUT2D eigenvalue weighted by Gasteiger charge is 2.06. The summed E-state index contributed by atoms with van der Waals surface area (Å²) in [5, 5.41) is 20.3. The number of aromatic hydroxyl groups is 1. The molecular formula is C14H13NO3. The lowest BCUT2D eigenvalue weighted by Crippen LogP contribution is -1.92. The van der Waals surface area contributed by atoms with E-state index in [1.54, 1.807) is 18.2 Å². The topological polar surface area (TPSA) is 63.4 Å². The summed E-state index contributed by atoms with van der Waals surface area (Å²) in [6.07, 6.45) is 0.561. The van der Waals surface area contributed by atoms with E-state index < -0.39 is 4.92 Å². The fourth-order valence-electron chi connectivity index (χ4n) is 1.81. The first-order valence-corrected chi connectivity index (χ1v) is 5.58. The number of aryl methyl sites for hydroxylation is 1. The second-order valence-corrected chi connectivity index (χ2v) is 4.23. The Bertz CT molecular complexity index is 576. The lowest BCUT2D eigenvalue weighted by Gasteiger charge is -2.06. The second kappa shape index (κ2) is 4.87. The van der Waals surface area contributed by atoms with Crippen LogP contribution < -0.4 is 0 Å². The summed E-state index contributed by atoms with van der Waals surface area (Å²) in [6.45, 7) is 1.96. The van der Waals surface area contributed by atoms with E-state index in [0.29, 0.717) is 6.42 Å². The summed E-state index contributed by atoms with van der Waals surface area (Å²) in [4.78, 5) is 10.1. The number of nitrogens with zero attached hydrogens (tertiary/aromatic N) is 1. The number of benzene rings is 2. The molecule has 4 nitrogen and oxygen atoms in total. The largest absolute Gasteiger partial charge is 0.508 e. The van der Waals surface area contributed by atoms with E-state index in [9.17, 15) is 15.2 Å². The molecule has 0 saturated carbocycles. The number of non-ortho nitro benzene ring substituents is 1. The van der Waals surface area contributed by atoms with Crippen LogP contribution in [0.25, 0.3) is 0 Å². The molecule has 0 aliphatic heterocycles. The zero-order chi connectivity index (χ0) is 13.1. The average Bonchev–Trinajstić information content (AvgIpc) is 2.34. The standard InChI is InChI=1S/C14H13NO3/c1-10-2-7-14(16)12(8-10)9-11-3-5-13(6-4-11)15(17)18/h2-8,16H,9H2,1H3. The summed E-state index contributed by atoms with van der Waals surface area (Å²) in [6, 6.07) is 11.8. The van der Waals surface area contributed by atoms with Gasteiger partial charge in [-0.3, -0.25) is 10.1 Å². The zero-order valence-corrected chi connectivity index (χ0v) is 9.96. The summed E-state index contributed by atoms with van der Waals surface area (Å²) in [5.74, 6) is 0.249. The smallest absolute Gasteiger partial charge is 0.269 e. The number of hydrogen-bond donors (Lipinski definition) is 1. The van der Waals surface area contributed by atoms with Gasteiger partial charge < -0.3 is 5.11 Å². The summed E-state index contributed by atoms with van der Waals surface area (Å²) in [5.41, 5.74) is 2.90. The van der Waals surface area contributed by atoms with Crippen molar-refractivity contribution in [3.05, 3.63) is 69.3 Å². The maximum absolute atomic E-state index is 10.5. The van der Waals surface area contributed by atoms with Crippen LogP contribution in [0.5, 0.6) is 5.75 Å². The van der Waals surface area contributed by atoms with Crippen LogP contribution in [0.1, 0.15) is 16.7 Å². The molecule has 0 atom stereocenters. The Morgan fingerprint density at radius 1 is 1.17 bits per heavy atom. The third-order valence-corrected chi connectivity index (χ3v) is 2.78. The predicted octanol–water partition coefficient (Wildman–Crippen LogP) is 3.20. The Kier molecular flexibility index (Phi) is 3.28. The number of rotatable bonds is 3. The van der Waals surface area contributed by atoms with Gasteiger partial charge in [-0.15, -0.1) is 0 Å². The van der Waals surface area contributed by atoms with E-state index in [0.717, 1.165) is 16.7 Å². The van der Waals surface area contributed by atoms with Gasteiger partial charge in [0.2, 0.25) is 0 Å². The van der Waals surface area contributed by atoms with Crippen molar-refractivity contribution in [2.24, 2.45) is 0 Å². The predicted molar refractivity (Wildman–Crippen MR) is 68.7 cm³/mol. The van der Waals surface area contributed by atoms with Gasteiger partial charge in [-0.2, -0.15) is 0 Å². The van der Waals surface area contributed by atoms with E-state index in [1.807, 2.05) is 19.1 Å². The number of hydrogen-bond acceptors (Lipinski definition) is 3. The number of nitro benzene ring substituents is 1. The van der Waals surface area contributed by atoms with Crippen molar-refractivity contribution in [1.82, 2.24) is 0 Å². The highest BCUT2D eigenvalue weighted by molar-refractivity contribution is 5.41. The fourth-order valence-corrected chi connectivity index (χ4v) is 1.81. The first kappa shape index (κ1) is 12.1. The minimum absolute atomic E-state index is 0.0761. The Labute approximate surface area is 105 Å². The molecule has 2 aromatic rings. The van der Waals surface area contributed by atoms with Gasteiger partial charge in [0.15, 0.2) is 0 Å². The molecule has 18 heavy (non-hydrogen) atoms. The molecule has 0 saturated heterocycles. The van der Waals surface area contributed by atoms with Crippen molar-refractivity contribution in [2.75, 3.05) is 0 Å². The Hall–Kier alpha value is -2.36. The maximum atomic E-state index is 10.5. The number of phenolic OH excluding ortho intramolecular Hbond substituents is 1. The number of nitro groups is 1. The van der Waals surface area contributed by atoms with Crippen LogP contribution in [0.2, 0.25) is 0 Å². The molecule has 2 aromatic carbocycles. The van der Waals surface area contributed by atoms with Crippen LogP contribution in [0.4, 0.5) is 5.69 Å². The van der Waals surface area contributed by atoms with Crippen LogP contribution in [0, 0.1) is 17.0 Å². The molecule has 92 valence electrons. The van der Waals surface area contributed by atoms with Crippen molar-refractivity contribution in [3.63, 3.8) is 0 Å². The molecule has 0 amide bonds. The van der Waals surface area contributed by atoms with Crippen molar-refractivity contribution >= 4 is 5.69 Å². The number of phenols is 1. The van der Waals surface area contributed by atoms with Crippen molar-refractivity contribution < 1.29 is 10.0 Å². The van der Waals surface area contributed by atoms with Gasteiger partial charge in [0, 0.05) is 18.6 Å². The van der Waals surface area contributed by atoms with Crippen LogP contribution in [-0.4, -0.2) is 10.0 Å². The van der Waals surface area contributed by atoms with E-state index in [-0.39, 0.29) is 11.4 Å². The molecule has 0 heterocycles.